The van der Waals surface area contributed by atoms with E-state index in [-0.39, 0.29) is 11.8 Å². The minimum Gasteiger partial charge on any atom is -0.467 e. The molecule has 0 atom stereocenters. The SMILES string of the molecule is O=C1NC2(CCN(C(=O)C3CCCC3)CC2)Oc2ccccc21. The lowest BCUT2D eigenvalue weighted by molar-refractivity contribution is -0.139. The summed E-state index contributed by atoms with van der Waals surface area (Å²) in [6.45, 7) is 1.30. The zero-order chi connectivity index (χ0) is 15.9. The highest BCUT2D eigenvalue weighted by molar-refractivity contribution is 5.98. The Morgan fingerprint density at radius 1 is 1.17 bits per heavy atom. The minimum absolute atomic E-state index is 0.0811. The van der Waals surface area contributed by atoms with Gasteiger partial charge in [0.2, 0.25) is 5.91 Å². The zero-order valence-electron chi connectivity index (χ0n) is 13.2. The largest absolute Gasteiger partial charge is 0.467 e. The summed E-state index contributed by atoms with van der Waals surface area (Å²) in [5.74, 6) is 1.07. The predicted octanol–water partition coefficient (Wildman–Crippen LogP) is 2.32. The van der Waals surface area contributed by atoms with Gasteiger partial charge in [-0.2, -0.15) is 0 Å². The molecule has 4 rings (SSSR count). The molecule has 1 N–H and O–H groups in total. The van der Waals surface area contributed by atoms with Gasteiger partial charge in [-0.05, 0) is 25.0 Å². The van der Waals surface area contributed by atoms with Crippen LogP contribution >= 0.6 is 0 Å². The lowest BCUT2D eigenvalue weighted by atomic mass is 9.95. The lowest BCUT2D eigenvalue weighted by Crippen LogP contribution is -2.61. The number of hydrogen-bond acceptors (Lipinski definition) is 3. The van der Waals surface area contributed by atoms with E-state index in [1.54, 1.807) is 6.07 Å². The first-order valence-corrected chi connectivity index (χ1v) is 8.56. The van der Waals surface area contributed by atoms with Gasteiger partial charge in [-0.1, -0.05) is 25.0 Å². The van der Waals surface area contributed by atoms with Crippen LogP contribution in [0.5, 0.6) is 5.75 Å². The van der Waals surface area contributed by atoms with Crippen molar-refractivity contribution in [3.8, 4) is 5.75 Å². The highest BCUT2D eigenvalue weighted by atomic mass is 16.5. The number of para-hydroxylation sites is 1. The van der Waals surface area contributed by atoms with Gasteiger partial charge in [-0.15, -0.1) is 0 Å². The van der Waals surface area contributed by atoms with Crippen LogP contribution in [0.2, 0.25) is 0 Å². The van der Waals surface area contributed by atoms with Gasteiger partial charge in [-0.25, -0.2) is 0 Å². The molecule has 2 aliphatic heterocycles. The summed E-state index contributed by atoms with van der Waals surface area (Å²) >= 11 is 0. The third-order valence-electron chi connectivity index (χ3n) is 5.37. The van der Waals surface area contributed by atoms with Crippen LogP contribution in [0.1, 0.15) is 48.9 Å². The Hall–Kier alpha value is -2.04. The number of benzene rings is 1. The topological polar surface area (TPSA) is 58.6 Å². The maximum Gasteiger partial charge on any atom is 0.258 e. The molecule has 1 aliphatic carbocycles. The number of ether oxygens (including phenoxy) is 1. The Labute approximate surface area is 136 Å². The third-order valence-corrected chi connectivity index (χ3v) is 5.37. The number of fused-ring (bicyclic) bond motifs is 1. The average molecular weight is 314 g/mol. The monoisotopic (exact) mass is 314 g/mol. The Morgan fingerprint density at radius 3 is 2.61 bits per heavy atom. The highest BCUT2D eigenvalue weighted by Crippen LogP contribution is 2.34. The Balaban J connectivity index is 1.45. The Morgan fingerprint density at radius 2 is 1.87 bits per heavy atom. The van der Waals surface area contributed by atoms with E-state index in [1.165, 1.54) is 12.8 Å². The van der Waals surface area contributed by atoms with Gasteiger partial charge in [0.25, 0.3) is 5.91 Å². The standard InChI is InChI=1S/C18H22N2O3/c21-16-14-7-3-4-8-15(14)23-18(19-16)9-11-20(12-10-18)17(22)13-5-1-2-6-13/h3-4,7-8,13H,1-2,5-6,9-12H2,(H,19,21). The number of likely N-dealkylation sites (tertiary alicyclic amines) is 1. The van der Waals surface area contributed by atoms with E-state index >= 15 is 0 Å². The van der Waals surface area contributed by atoms with Crippen LogP contribution in [0, 0.1) is 5.92 Å². The smallest absolute Gasteiger partial charge is 0.258 e. The van der Waals surface area contributed by atoms with Gasteiger partial charge in [0.05, 0.1) is 5.56 Å². The first-order valence-electron chi connectivity index (χ1n) is 8.56. The van der Waals surface area contributed by atoms with Crippen molar-refractivity contribution in [2.24, 2.45) is 5.92 Å². The van der Waals surface area contributed by atoms with Crippen molar-refractivity contribution < 1.29 is 14.3 Å². The molecule has 2 amide bonds. The second-order valence-corrected chi connectivity index (χ2v) is 6.85. The summed E-state index contributed by atoms with van der Waals surface area (Å²) in [6, 6.07) is 7.33. The number of nitrogens with zero attached hydrogens (tertiary/aromatic N) is 1. The lowest BCUT2D eigenvalue weighted by Gasteiger charge is -2.44. The maximum absolute atomic E-state index is 12.5. The summed E-state index contributed by atoms with van der Waals surface area (Å²) < 4.78 is 6.11. The van der Waals surface area contributed by atoms with Gasteiger partial charge < -0.3 is 15.0 Å². The van der Waals surface area contributed by atoms with Crippen molar-refractivity contribution >= 4 is 11.8 Å². The number of nitrogens with one attached hydrogen (secondary N) is 1. The Kier molecular flexibility index (Phi) is 3.51. The van der Waals surface area contributed by atoms with Crippen LogP contribution in [-0.4, -0.2) is 35.5 Å². The van der Waals surface area contributed by atoms with Gasteiger partial charge in [0.1, 0.15) is 5.75 Å². The van der Waals surface area contributed by atoms with Crippen LogP contribution in [0.25, 0.3) is 0 Å². The minimum atomic E-state index is -0.655. The molecule has 122 valence electrons. The fraction of sp³-hybridized carbons (Fsp3) is 0.556. The van der Waals surface area contributed by atoms with Crippen molar-refractivity contribution in [2.45, 2.75) is 44.2 Å². The van der Waals surface area contributed by atoms with E-state index in [2.05, 4.69) is 5.32 Å². The first-order chi connectivity index (χ1) is 11.2. The molecule has 0 bridgehead atoms. The van der Waals surface area contributed by atoms with Crippen molar-refractivity contribution in [3.05, 3.63) is 29.8 Å². The van der Waals surface area contributed by atoms with E-state index in [0.717, 1.165) is 12.8 Å². The molecule has 2 fully saturated rings. The number of carbonyl (C=O) groups is 2. The van der Waals surface area contributed by atoms with Gasteiger partial charge in [0.15, 0.2) is 5.72 Å². The summed E-state index contributed by atoms with van der Waals surface area (Å²) in [7, 11) is 0. The molecule has 0 aromatic heterocycles. The van der Waals surface area contributed by atoms with E-state index in [0.29, 0.717) is 43.2 Å². The maximum atomic E-state index is 12.5. The fourth-order valence-electron chi connectivity index (χ4n) is 4.00. The van der Waals surface area contributed by atoms with E-state index in [1.807, 2.05) is 23.1 Å². The second-order valence-electron chi connectivity index (χ2n) is 6.85. The molecular weight excluding hydrogens is 292 g/mol. The molecule has 1 spiro atoms. The molecule has 1 aromatic carbocycles. The molecule has 5 nitrogen and oxygen atoms in total. The van der Waals surface area contributed by atoms with Crippen molar-refractivity contribution in [1.82, 2.24) is 10.2 Å². The van der Waals surface area contributed by atoms with E-state index in [4.69, 9.17) is 4.74 Å². The zero-order valence-corrected chi connectivity index (χ0v) is 13.2. The number of carbonyl (C=O) groups excluding carboxylic acids is 2. The molecule has 5 heteroatoms. The Bertz CT molecular complexity index is 629. The van der Waals surface area contributed by atoms with Gasteiger partial charge >= 0.3 is 0 Å². The van der Waals surface area contributed by atoms with Crippen molar-refractivity contribution in [2.75, 3.05) is 13.1 Å². The molecule has 2 heterocycles. The molecule has 1 saturated carbocycles. The van der Waals surface area contributed by atoms with Gasteiger partial charge in [0, 0.05) is 31.8 Å². The van der Waals surface area contributed by atoms with Crippen molar-refractivity contribution in [3.63, 3.8) is 0 Å². The number of rotatable bonds is 1. The number of piperidine rings is 1. The van der Waals surface area contributed by atoms with E-state index in [9.17, 15) is 9.59 Å². The number of hydrogen-bond donors (Lipinski definition) is 1. The molecule has 0 unspecified atom stereocenters. The van der Waals surface area contributed by atoms with Crippen LogP contribution in [0.4, 0.5) is 0 Å². The summed E-state index contributed by atoms with van der Waals surface area (Å²) in [6.07, 6.45) is 5.69. The first kappa shape index (κ1) is 14.5. The predicted molar refractivity (Wildman–Crippen MR) is 85.0 cm³/mol. The summed E-state index contributed by atoms with van der Waals surface area (Å²) in [4.78, 5) is 26.8. The number of amides is 2. The fourth-order valence-corrected chi connectivity index (χ4v) is 4.00. The molecular formula is C18H22N2O3. The van der Waals surface area contributed by atoms with Gasteiger partial charge in [-0.3, -0.25) is 9.59 Å². The van der Waals surface area contributed by atoms with Crippen LogP contribution in [-0.2, 0) is 4.79 Å². The third kappa shape index (κ3) is 2.58. The van der Waals surface area contributed by atoms with Crippen LogP contribution in [0.3, 0.4) is 0 Å². The molecule has 1 saturated heterocycles. The molecule has 0 radical (unpaired) electrons. The molecule has 3 aliphatic rings. The quantitative estimate of drug-likeness (QED) is 0.865. The highest BCUT2D eigenvalue weighted by Gasteiger charge is 2.43. The molecule has 23 heavy (non-hydrogen) atoms. The normalized spacial score (nSPS) is 23.3. The van der Waals surface area contributed by atoms with Crippen LogP contribution in [0.15, 0.2) is 24.3 Å². The van der Waals surface area contributed by atoms with Crippen molar-refractivity contribution in [1.29, 1.82) is 0 Å². The average Bonchev–Trinajstić information content (AvgIpc) is 3.09. The second kappa shape index (κ2) is 5.55. The van der Waals surface area contributed by atoms with Crippen LogP contribution < -0.4 is 10.1 Å². The summed E-state index contributed by atoms with van der Waals surface area (Å²) in [5.41, 5.74) is -0.0691. The van der Waals surface area contributed by atoms with E-state index < -0.39 is 5.72 Å². The molecule has 1 aromatic rings. The summed E-state index contributed by atoms with van der Waals surface area (Å²) in [5, 5.41) is 3.02.